The largest absolute Gasteiger partial charge is 0.314 e. The summed E-state index contributed by atoms with van der Waals surface area (Å²) in [6.07, 6.45) is 0. The predicted molar refractivity (Wildman–Crippen MR) is 124 cm³/mol. The van der Waals surface area contributed by atoms with Crippen molar-refractivity contribution >= 4 is 10.1 Å². The molecule has 0 amide bonds. The van der Waals surface area contributed by atoms with Gasteiger partial charge in [-0.2, -0.15) is 8.42 Å². The zero-order valence-corrected chi connectivity index (χ0v) is 18.0. The molecule has 0 aliphatic carbocycles. The Balaban J connectivity index is 0.000000210. The van der Waals surface area contributed by atoms with Crippen LogP contribution in [0.3, 0.4) is 0 Å². The van der Waals surface area contributed by atoms with Gasteiger partial charge >= 0.3 is 0 Å². The molecule has 0 heterocycles. The smallest absolute Gasteiger partial charge is 0.294 e. The molecule has 31 heavy (non-hydrogen) atoms. The number of aryl methyl sites for hydroxylation is 1. The third kappa shape index (κ3) is 5.47. The fraction of sp³-hybridized carbons (Fsp3) is 0.0769. The second-order valence-corrected chi connectivity index (χ2v) is 8.62. The van der Waals surface area contributed by atoms with Crippen LogP contribution >= 0.6 is 0 Å². The van der Waals surface area contributed by atoms with E-state index in [2.05, 4.69) is 36.4 Å². The van der Waals surface area contributed by atoms with E-state index in [4.69, 9.17) is 10.3 Å². The highest BCUT2D eigenvalue weighted by molar-refractivity contribution is 7.85. The lowest BCUT2D eigenvalue weighted by atomic mass is 9.78. The van der Waals surface area contributed by atoms with Gasteiger partial charge < -0.3 is 5.73 Å². The Morgan fingerprint density at radius 1 is 0.613 bits per heavy atom. The second kappa shape index (κ2) is 9.71. The standard InChI is InChI=1S/C19H17N.C7H8O3S/c20-19(16-10-4-1-5-11-16,17-12-6-2-7-13-17)18-14-8-3-9-15-18;1-6-2-4-7(5-3-6)11(8,9)10/h1-15H,20H2;2-5H,1H3,(H,8,9,10). The van der Waals surface area contributed by atoms with E-state index < -0.39 is 15.7 Å². The zero-order valence-electron chi connectivity index (χ0n) is 17.2. The SMILES string of the molecule is Cc1ccc(S(=O)(=O)O)cc1.NC(c1ccccc1)(c1ccccc1)c1ccccc1. The van der Waals surface area contributed by atoms with Gasteiger partial charge in [-0.3, -0.25) is 4.55 Å². The van der Waals surface area contributed by atoms with Crippen LogP contribution in [0.2, 0.25) is 0 Å². The molecule has 0 aliphatic heterocycles. The maximum Gasteiger partial charge on any atom is 0.294 e. The summed E-state index contributed by atoms with van der Waals surface area (Å²) >= 11 is 0. The van der Waals surface area contributed by atoms with Crippen LogP contribution in [-0.2, 0) is 15.7 Å². The average molecular weight is 432 g/mol. The molecule has 3 N–H and O–H groups in total. The van der Waals surface area contributed by atoms with Crippen molar-refractivity contribution in [1.82, 2.24) is 0 Å². The van der Waals surface area contributed by atoms with Crippen LogP contribution in [0.4, 0.5) is 0 Å². The first-order valence-electron chi connectivity index (χ1n) is 9.81. The van der Waals surface area contributed by atoms with Crippen LogP contribution in [0, 0.1) is 6.92 Å². The fourth-order valence-electron chi connectivity index (χ4n) is 3.31. The summed E-state index contributed by atoms with van der Waals surface area (Å²) in [5.74, 6) is 0. The van der Waals surface area contributed by atoms with Gasteiger partial charge in [-0.25, -0.2) is 0 Å². The van der Waals surface area contributed by atoms with Crippen molar-refractivity contribution in [2.24, 2.45) is 5.73 Å². The summed E-state index contributed by atoms with van der Waals surface area (Å²) in [4.78, 5) is -0.0666. The Bertz CT molecular complexity index is 1100. The zero-order chi connectivity index (χ0) is 22.3. The Kier molecular flexibility index (Phi) is 7.02. The van der Waals surface area contributed by atoms with Gasteiger partial charge in [-0.1, -0.05) is 109 Å². The van der Waals surface area contributed by atoms with E-state index >= 15 is 0 Å². The van der Waals surface area contributed by atoms with Gasteiger partial charge in [0.15, 0.2) is 0 Å². The third-order valence-electron chi connectivity index (χ3n) is 5.01. The minimum Gasteiger partial charge on any atom is -0.314 e. The van der Waals surface area contributed by atoms with Crippen molar-refractivity contribution in [3.8, 4) is 0 Å². The minimum atomic E-state index is -4.02. The summed E-state index contributed by atoms with van der Waals surface area (Å²) in [6, 6.07) is 36.7. The van der Waals surface area contributed by atoms with Gasteiger partial charge in [0.1, 0.15) is 0 Å². The molecule has 4 aromatic carbocycles. The molecule has 0 atom stereocenters. The van der Waals surface area contributed by atoms with Gasteiger partial charge in [0.05, 0.1) is 10.4 Å². The van der Waals surface area contributed by atoms with Gasteiger partial charge in [0, 0.05) is 0 Å². The summed E-state index contributed by atoms with van der Waals surface area (Å²) < 4.78 is 29.6. The van der Waals surface area contributed by atoms with Crippen molar-refractivity contribution in [2.45, 2.75) is 17.4 Å². The Hall–Kier alpha value is -3.25. The molecular formula is C26H25NO3S. The van der Waals surface area contributed by atoms with E-state index in [9.17, 15) is 8.42 Å². The summed E-state index contributed by atoms with van der Waals surface area (Å²) in [5, 5.41) is 0. The number of nitrogens with two attached hydrogens (primary N) is 1. The molecule has 4 aromatic rings. The Labute approximate surface area is 183 Å². The third-order valence-corrected chi connectivity index (χ3v) is 5.87. The van der Waals surface area contributed by atoms with Crippen LogP contribution in [0.25, 0.3) is 0 Å². The number of benzene rings is 4. The van der Waals surface area contributed by atoms with Crippen molar-refractivity contribution in [3.05, 3.63) is 138 Å². The normalized spacial score (nSPS) is 11.3. The molecule has 0 fully saturated rings. The summed E-state index contributed by atoms with van der Waals surface area (Å²) in [7, 11) is -4.02. The molecule has 0 aliphatic rings. The molecule has 5 heteroatoms. The van der Waals surface area contributed by atoms with E-state index in [1.807, 2.05) is 61.5 Å². The maximum absolute atomic E-state index is 10.5. The molecule has 0 aromatic heterocycles. The van der Waals surface area contributed by atoms with Crippen molar-refractivity contribution < 1.29 is 13.0 Å². The van der Waals surface area contributed by atoms with Crippen LogP contribution in [0.15, 0.2) is 120 Å². The molecular weight excluding hydrogens is 406 g/mol. The van der Waals surface area contributed by atoms with Gasteiger partial charge in [0.25, 0.3) is 10.1 Å². The van der Waals surface area contributed by atoms with Crippen LogP contribution in [0.5, 0.6) is 0 Å². The maximum atomic E-state index is 10.5. The molecule has 0 spiro atoms. The average Bonchev–Trinajstić information content (AvgIpc) is 2.80. The highest BCUT2D eigenvalue weighted by Crippen LogP contribution is 2.33. The topological polar surface area (TPSA) is 80.4 Å². The highest BCUT2D eigenvalue weighted by Gasteiger charge is 2.31. The van der Waals surface area contributed by atoms with Gasteiger partial charge in [-0.15, -0.1) is 0 Å². The van der Waals surface area contributed by atoms with Crippen LogP contribution in [0.1, 0.15) is 22.3 Å². The van der Waals surface area contributed by atoms with E-state index in [-0.39, 0.29) is 4.90 Å². The molecule has 0 unspecified atom stereocenters. The lowest BCUT2D eigenvalue weighted by Gasteiger charge is -2.31. The molecule has 4 nitrogen and oxygen atoms in total. The van der Waals surface area contributed by atoms with Crippen molar-refractivity contribution in [1.29, 1.82) is 0 Å². The lowest BCUT2D eigenvalue weighted by Crippen LogP contribution is -2.39. The Morgan fingerprint density at radius 2 is 0.935 bits per heavy atom. The van der Waals surface area contributed by atoms with E-state index in [0.29, 0.717) is 0 Å². The first-order chi connectivity index (χ1) is 14.8. The van der Waals surface area contributed by atoms with E-state index in [0.717, 1.165) is 22.3 Å². The minimum absolute atomic E-state index is 0.0666. The van der Waals surface area contributed by atoms with Crippen LogP contribution < -0.4 is 5.73 Å². The molecule has 158 valence electrons. The van der Waals surface area contributed by atoms with Crippen molar-refractivity contribution in [3.63, 3.8) is 0 Å². The Morgan fingerprint density at radius 3 is 1.23 bits per heavy atom. The quantitative estimate of drug-likeness (QED) is 0.345. The van der Waals surface area contributed by atoms with E-state index in [1.54, 1.807) is 12.1 Å². The molecule has 0 saturated carbocycles. The number of rotatable bonds is 4. The van der Waals surface area contributed by atoms with Crippen LogP contribution in [-0.4, -0.2) is 13.0 Å². The fourth-order valence-corrected chi connectivity index (χ4v) is 3.79. The van der Waals surface area contributed by atoms with E-state index in [1.165, 1.54) is 12.1 Å². The second-order valence-electron chi connectivity index (χ2n) is 7.19. The molecule has 0 radical (unpaired) electrons. The van der Waals surface area contributed by atoms with Crippen molar-refractivity contribution in [2.75, 3.05) is 0 Å². The number of hydrogen-bond acceptors (Lipinski definition) is 3. The predicted octanol–water partition coefficient (Wildman–Crippen LogP) is 5.18. The first-order valence-corrected chi connectivity index (χ1v) is 11.3. The lowest BCUT2D eigenvalue weighted by molar-refractivity contribution is 0.483. The number of hydrogen-bond donors (Lipinski definition) is 2. The first kappa shape index (κ1) is 22.4. The molecule has 4 rings (SSSR count). The summed E-state index contributed by atoms with van der Waals surface area (Å²) in [6.45, 7) is 1.84. The molecule has 0 saturated heterocycles. The van der Waals surface area contributed by atoms with Gasteiger partial charge in [-0.05, 0) is 35.7 Å². The highest BCUT2D eigenvalue weighted by atomic mass is 32.2. The summed E-state index contributed by atoms with van der Waals surface area (Å²) in [5.41, 5.74) is 10.5. The monoisotopic (exact) mass is 431 g/mol. The molecule has 0 bridgehead atoms. The van der Waals surface area contributed by atoms with Gasteiger partial charge in [0.2, 0.25) is 0 Å².